The Balaban J connectivity index is 3.00. The van der Waals surface area contributed by atoms with Gasteiger partial charge in [-0.05, 0) is 38.9 Å². The lowest BCUT2D eigenvalue weighted by Crippen LogP contribution is -2.41. The largest absolute Gasteiger partial charge is 0.326 e. The molecule has 2 N–H and O–H groups in total. The van der Waals surface area contributed by atoms with Crippen LogP contribution in [0.1, 0.15) is 45.2 Å². The van der Waals surface area contributed by atoms with Crippen LogP contribution in [0.15, 0.2) is 24.3 Å². The fraction of sp³-hybridized carbons (Fsp3) is 0.600. The van der Waals surface area contributed by atoms with Gasteiger partial charge in [-0.2, -0.15) is 0 Å². The van der Waals surface area contributed by atoms with Gasteiger partial charge in [0.15, 0.2) is 0 Å². The van der Waals surface area contributed by atoms with E-state index < -0.39 is 0 Å². The fourth-order valence-corrected chi connectivity index (χ4v) is 2.73. The number of benzene rings is 1. The van der Waals surface area contributed by atoms with Gasteiger partial charge in [0.25, 0.3) is 0 Å². The minimum absolute atomic E-state index is 0.0502. The first kappa shape index (κ1) is 15.5. The Hall–Kier alpha value is -0.570. The second-order valence-corrected chi connectivity index (χ2v) is 5.54. The third-order valence-electron chi connectivity index (χ3n) is 3.56. The molecule has 0 aliphatic heterocycles. The lowest BCUT2D eigenvalue weighted by molar-refractivity contribution is 0.157. The summed E-state index contributed by atoms with van der Waals surface area (Å²) in [4.78, 5) is 2.34. The highest BCUT2D eigenvalue weighted by molar-refractivity contribution is 6.31. The van der Waals surface area contributed by atoms with Gasteiger partial charge in [-0.15, -0.1) is 0 Å². The zero-order chi connectivity index (χ0) is 13.7. The summed E-state index contributed by atoms with van der Waals surface area (Å²) < 4.78 is 0. The molecule has 1 rings (SSSR count). The third kappa shape index (κ3) is 3.71. The summed E-state index contributed by atoms with van der Waals surface area (Å²) >= 11 is 6.31. The van der Waals surface area contributed by atoms with Gasteiger partial charge in [0.1, 0.15) is 0 Å². The van der Waals surface area contributed by atoms with Crippen LogP contribution in [0.25, 0.3) is 0 Å². The van der Waals surface area contributed by atoms with E-state index >= 15 is 0 Å². The molecule has 0 spiro atoms. The van der Waals surface area contributed by atoms with E-state index in [0.29, 0.717) is 6.04 Å². The maximum Gasteiger partial charge on any atom is 0.0510 e. The first-order valence-electron chi connectivity index (χ1n) is 6.71. The molecule has 0 amide bonds. The Morgan fingerprint density at radius 2 is 1.89 bits per heavy atom. The molecule has 0 aromatic heterocycles. The van der Waals surface area contributed by atoms with Crippen molar-refractivity contribution >= 4 is 11.6 Å². The minimum atomic E-state index is 0.0502. The molecule has 1 aromatic rings. The van der Waals surface area contributed by atoms with E-state index in [-0.39, 0.29) is 12.1 Å². The molecule has 3 heteroatoms. The summed E-state index contributed by atoms with van der Waals surface area (Å²) in [5.41, 5.74) is 7.30. The molecule has 0 aliphatic rings. The average molecular weight is 269 g/mol. The van der Waals surface area contributed by atoms with Gasteiger partial charge in [-0.25, -0.2) is 0 Å². The van der Waals surface area contributed by atoms with Crippen molar-refractivity contribution in [1.29, 1.82) is 0 Å². The van der Waals surface area contributed by atoms with E-state index in [1.165, 1.54) is 12.8 Å². The summed E-state index contributed by atoms with van der Waals surface area (Å²) in [5, 5.41) is 0.801. The van der Waals surface area contributed by atoms with Crippen LogP contribution >= 0.6 is 11.6 Å². The van der Waals surface area contributed by atoms with E-state index in [9.17, 15) is 0 Å². The summed E-state index contributed by atoms with van der Waals surface area (Å²) in [6.45, 7) is 6.50. The van der Waals surface area contributed by atoms with Gasteiger partial charge in [0, 0.05) is 17.1 Å². The van der Waals surface area contributed by atoms with Gasteiger partial charge in [-0.3, -0.25) is 4.90 Å². The fourth-order valence-electron chi connectivity index (χ4n) is 2.48. The number of nitrogens with zero attached hydrogens (tertiary/aromatic N) is 1. The molecule has 0 heterocycles. The van der Waals surface area contributed by atoms with Crippen molar-refractivity contribution in [3.63, 3.8) is 0 Å². The number of likely N-dealkylation sites (N-methyl/N-ethyl adjacent to an activating group) is 1. The first-order chi connectivity index (χ1) is 8.49. The van der Waals surface area contributed by atoms with E-state index in [1.807, 2.05) is 25.1 Å². The highest BCUT2D eigenvalue weighted by Gasteiger charge is 2.25. The van der Waals surface area contributed by atoms with Crippen molar-refractivity contribution in [2.24, 2.45) is 5.73 Å². The topological polar surface area (TPSA) is 29.3 Å². The summed E-state index contributed by atoms with van der Waals surface area (Å²) in [7, 11) is 2.14. The van der Waals surface area contributed by atoms with Crippen LogP contribution in [0.5, 0.6) is 0 Å². The monoisotopic (exact) mass is 268 g/mol. The Kier molecular flexibility index (Phi) is 6.13. The molecule has 2 nitrogen and oxygen atoms in total. The smallest absolute Gasteiger partial charge is 0.0510 e. The molecule has 0 radical (unpaired) electrons. The van der Waals surface area contributed by atoms with Gasteiger partial charge in [0.2, 0.25) is 0 Å². The van der Waals surface area contributed by atoms with Crippen molar-refractivity contribution in [3.05, 3.63) is 34.9 Å². The van der Waals surface area contributed by atoms with Crippen LogP contribution in [0.4, 0.5) is 0 Å². The second-order valence-electron chi connectivity index (χ2n) is 5.13. The van der Waals surface area contributed by atoms with E-state index in [1.54, 1.807) is 0 Å². The Labute approximate surface area is 116 Å². The molecule has 0 saturated carbocycles. The maximum atomic E-state index is 6.31. The predicted octanol–water partition coefficient (Wildman–Crippen LogP) is 3.85. The molecular weight excluding hydrogens is 244 g/mol. The molecule has 0 fully saturated rings. The predicted molar refractivity (Wildman–Crippen MR) is 80.0 cm³/mol. The third-order valence-corrected chi connectivity index (χ3v) is 3.91. The van der Waals surface area contributed by atoms with E-state index in [4.69, 9.17) is 17.3 Å². The minimum Gasteiger partial charge on any atom is -0.326 e. The lowest BCUT2D eigenvalue weighted by atomic mass is 9.97. The molecule has 0 aliphatic carbocycles. The lowest BCUT2D eigenvalue weighted by Gasteiger charge is -2.36. The van der Waals surface area contributed by atoms with Crippen LogP contribution in [0, 0.1) is 0 Å². The van der Waals surface area contributed by atoms with Gasteiger partial charge in [0.05, 0.1) is 6.04 Å². The summed E-state index contributed by atoms with van der Waals surface area (Å²) in [6.07, 6.45) is 2.35. The number of nitrogens with two attached hydrogens (primary N) is 1. The van der Waals surface area contributed by atoms with Crippen molar-refractivity contribution in [2.45, 2.75) is 51.7 Å². The highest BCUT2D eigenvalue weighted by Crippen LogP contribution is 2.30. The molecule has 102 valence electrons. The maximum absolute atomic E-state index is 6.31. The molecule has 1 aromatic carbocycles. The van der Waals surface area contributed by atoms with E-state index in [2.05, 4.69) is 31.9 Å². The van der Waals surface area contributed by atoms with Crippen LogP contribution in [-0.2, 0) is 0 Å². The van der Waals surface area contributed by atoms with Crippen molar-refractivity contribution in [1.82, 2.24) is 4.90 Å². The number of hydrogen-bond donors (Lipinski definition) is 1. The molecule has 0 bridgehead atoms. The molecule has 3 atom stereocenters. The Morgan fingerprint density at radius 1 is 1.28 bits per heavy atom. The summed E-state index contributed by atoms with van der Waals surface area (Å²) in [5.74, 6) is 0. The first-order valence-corrected chi connectivity index (χ1v) is 7.08. The molecule has 0 saturated heterocycles. The zero-order valence-corrected chi connectivity index (χ0v) is 12.6. The van der Waals surface area contributed by atoms with Gasteiger partial charge in [-0.1, -0.05) is 43.1 Å². The van der Waals surface area contributed by atoms with Crippen LogP contribution in [0.2, 0.25) is 5.02 Å². The number of rotatable bonds is 6. The Morgan fingerprint density at radius 3 is 2.39 bits per heavy atom. The van der Waals surface area contributed by atoms with Crippen molar-refractivity contribution < 1.29 is 0 Å². The highest BCUT2D eigenvalue weighted by atomic mass is 35.5. The molecule has 18 heavy (non-hydrogen) atoms. The van der Waals surface area contributed by atoms with Crippen LogP contribution in [0.3, 0.4) is 0 Å². The number of hydrogen-bond acceptors (Lipinski definition) is 2. The normalized spacial score (nSPS) is 16.6. The van der Waals surface area contributed by atoms with Crippen molar-refractivity contribution in [3.8, 4) is 0 Å². The molecular formula is C15H25ClN2. The van der Waals surface area contributed by atoms with Crippen LogP contribution < -0.4 is 5.73 Å². The van der Waals surface area contributed by atoms with Gasteiger partial charge < -0.3 is 5.73 Å². The standard InChI is InChI=1S/C15H25ClN2/c1-5-8-11(2)18(4)15(12(3)17)13-9-6-7-10-14(13)16/h6-7,9-12,15H,5,8,17H2,1-4H3. The van der Waals surface area contributed by atoms with Crippen LogP contribution in [-0.4, -0.2) is 24.0 Å². The summed E-state index contributed by atoms with van der Waals surface area (Å²) in [6, 6.07) is 8.71. The second kappa shape index (κ2) is 7.13. The SMILES string of the molecule is CCCC(C)N(C)C(c1ccccc1Cl)C(C)N. The number of halogens is 1. The Bertz CT molecular complexity index is 365. The van der Waals surface area contributed by atoms with E-state index in [0.717, 1.165) is 10.6 Å². The average Bonchev–Trinajstić information content (AvgIpc) is 2.31. The quantitative estimate of drug-likeness (QED) is 0.849. The zero-order valence-electron chi connectivity index (χ0n) is 11.9. The van der Waals surface area contributed by atoms with Crippen molar-refractivity contribution in [2.75, 3.05) is 7.05 Å². The molecule has 3 unspecified atom stereocenters. The van der Waals surface area contributed by atoms with Gasteiger partial charge >= 0.3 is 0 Å².